The minimum atomic E-state index is -5.03. The second-order valence-electron chi connectivity index (χ2n) is 8.87. The zero-order chi connectivity index (χ0) is 19.9. The Bertz CT molecular complexity index is 609. The Labute approximate surface area is 162 Å². The number of fused-ring (bicyclic) bond motifs is 3. The average molecular weight is 424 g/mol. The number of hydrogen-bond acceptors (Lipinski definition) is 7. The third-order valence-electron chi connectivity index (χ3n) is 6.62. The van der Waals surface area contributed by atoms with E-state index in [1.807, 2.05) is 0 Å². The van der Waals surface area contributed by atoms with Crippen molar-refractivity contribution in [2.45, 2.75) is 58.8 Å². The normalized spacial score (nSPS) is 33.8. The van der Waals surface area contributed by atoms with Gasteiger partial charge in [0, 0.05) is 0 Å². The van der Waals surface area contributed by atoms with Crippen LogP contribution in [0.3, 0.4) is 0 Å². The van der Waals surface area contributed by atoms with Crippen molar-refractivity contribution in [3.8, 4) is 0 Å². The van der Waals surface area contributed by atoms with Crippen molar-refractivity contribution in [2.75, 3.05) is 6.61 Å². The van der Waals surface area contributed by atoms with Crippen molar-refractivity contribution < 1.29 is 33.3 Å². The maximum atomic E-state index is 9.51. The van der Waals surface area contributed by atoms with Crippen LogP contribution in [-0.4, -0.2) is 31.1 Å². The molecule has 1 unspecified atom stereocenters. The van der Waals surface area contributed by atoms with Gasteiger partial charge in [-0.2, -0.15) is 0 Å². The Morgan fingerprint density at radius 1 is 1.11 bits per heavy atom. The fourth-order valence-corrected chi connectivity index (χ4v) is 7.43. The van der Waals surface area contributed by atoms with Crippen LogP contribution in [0.4, 0.5) is 0 Å². The molecule has 0 aromatic carbocycles. The predicted octanol–water partition coefficient (Wildman–Crippen LogP) is 3.30. The molecule has 3 aliphatic carbocycles. The molecule has 0 aromatic heterocycles. The summed E-state index contributed by atoms with van der Waals surface area (Å²) in [4.78, 5) is 45.4. The van der Waals surface area contributed by atoms with E-state index in [4.69, 9.17) is 19.2 Å². The van der Waals surface area contributed by atoms with Crippen LogP contribution in [-0.2, 0) is 8.83 Å². The molecule has 0 spiro atoms. The van der Waals surface area contributed by atoms with Crippen LogP contribution in [0.5, 0.6) is 0 Å². The van der Waals surface area contributed by atoms with Crippen molar-refractivity contribution in [3.05, 3.63) is 23.3 Å². The molecule has 3 aliphatic rings. The summed E-state index contributed by atoms with van der Waals surface area (Å²) in [6, 6.07) is 0. The van der Waals surface area contributed by atoms with Crippen LogP contribution in [0.15, 0.2) is 23.3 Å². The van der Waals surface area contributed by atoms with Gasteiger partial charge in [0.1, 0.15) is 0 Å². The van der Waals surface area contributed by atoms with Crippen LogP contribution >= 0.6 is 16.3 Å². The molecule has 2 saturated carbocycles. The first-order chi connectivity index (χ1) is 12.5. The molecule has 0 saturated heterocycles. The summed E-state index contributed by atoms with van der Waals surface area (Å²) in [6.07, 6.45) is 12.4. The Kier molecular flexibility index (Phi) is 6.50. The zero-order valence-electron chi connectivity index (χ0n) is 16.1. The molecule has 5 N–H and O–H groups in total. The summed E-state index contributed by atoms with van der Waals surface area (Å²) in [5.41, 5.74) is 3.05. The first kappa shape index (κ1) is 21.8. The van der Waals surface area contributed by atoms with E-state index in [0.717, 1.165) is 36.7 Å². The molecule has 3 rings (SSSR count). The van der Waals surface area contributed by atoms with Gasteiger partial charge in [-0.1, -0.05) is 0 Å². The van der Waals surface area contributed by atoms with Gasteiger partial charge in [-0.25, -0.2) is 0 Å². The summed E-state index contributed by atoms with van der Waals surface area (Å²) in [7, 11) is -9.78. The van der Waals surface area contributed by atoms with Crippen molar-refractivity contribution in [1.29, 1.82) is 0 Å². The summed E-state index contributed by atoms with van der Waals surface area (Å²) >= 11 is 0. The van der Waals surface area contributed by atoms with E-state index in [1.54, 1.807) is 6.08 Å². The summed E-state index contributed by atoms with van der Waals surface area (Å²) in [5.74, 6) is 2.26. The Morgan fingerprint density at radius 2 is 1.85 bits per heavy atom. The topological polar surface area (TPSA) is 120 Å². The van der Waals surface area contributed by atoms with Crippen LogP contribution in [0.1, 0.15) is 58.8 Å². The molecule has 3 atom stereocenters. The van der Waals surface area contributed by atoms with E-state index in [9.17, 15) is 9.79 Å². The molecule has 7 nitrogen and oxygen atoms in total. The second-order valence-corrected chi connectivity index (χ2v) is 12.2. The van der Waals surface area contributed by atoms with Gasteiger partial charge < -0.3 is 0 Å². The quantitative estimate of drug-likeness (QED) is 0.430. The fourth-order valence-electron chi connectivity index (χ4n) is 5.47. The molecule has 0 aromatic rings. The monoisotopic (exact) mass is 424 g/mol. The average Bonchev–Trinajstić information content (AvgIpc) is 2.51. The molecule has 0 amide bonds. The molecule has 0 aliphatic heterocycles. The van der Waals surface area contributed by atoms with Crippen molar-refractivity contribution in [3.63, 3.8) is 0 Å². The van der Waals surface area contributed by atoms with Gasteiger partial charge in [0.05, 0.1) is 0 Å². The third kappa shape index (κ3) is 5.57. The predicted molar refractivity (Wildman–Crippen MR) is 107 cm³/mol. The van der Waals surface area contributed by atoms with Crippen LogP contribution < -0.4 is 0 Å². The van der Waals surface area contributed by atoms with Gasteiger partial charge in [-0.3, -0.25) is 0 Å². The van der Waals surface area contributed by atoms with Gasteiger partial charge >= 0.3 is 162 Å². The SMILES string of the molecule is CC1(C)CCCC2[C@@H]3CC/C(=C/CO[PH](O)(O)O[PH](O)(O)O)C=C3CC[C@@H]21. The van der Waals surface area contributed by atoms with Gasteiger partial charge in [0.15, 0.2) is 0 Å². The fraction of sp³-hybridized carbons (Fsp3) is 0.778. The Hall–Kier alpha value is 0.0600. The summed E-state index contributed by atoms with van der Waals surface area (Å²) in [5, 5.41) is 0. The van der Waals surface area contributed by atoms with Crippen LogP contribution in [0, 0.1) is 23.2 Å². The summed E-state index contributed by atoms with van der Waals surface area (Å²) < 4.78 is 8.90. The van der Waals surface area contributed by atoms with Crippen LogP contribution in [0.2, 0.25) is 0 Å². The van der Waals surface area contributed by atoms with E-state index in [1.165, 1.54) is 31.3 Å². The van der Waals surface area contributed by atoms with Gasteiger partial charge in [0.2, 0.25) is 0 Å². The zero-order valence-corrected chi connectivity index (χ0v) is 18.1. The molecule has 27 heavy (non-hydrogen) atoms. The molecule has 0 heterocycles. The first-order valence-corrected chi connectivity index (χ1v) is 13.3. The maximum absolute atomic E-state index is 9.51. The third-order valence-corrected chi connectivity index (χ3v) is 9.32. The molecule has 0 radical (unpaired) electrons. The molecule has 2 fully saturated rings. The molecule has 158 valence electrons. The van der Waals surface area contributed by atoms with Crippen molar-refractivity contribution >= 4 is 16.3 Å². The van der Waals surface area contributed by atoms with Gasteiger partial charge in [-0.15, -0.1) is 0 Å². The molecular weight excluding hydrogens is 390 g/mol. The van der Waals surface area contributed by atoms with Crippen molar-refractivity contribution in [2.24, 2.45) is 23.2 Å². The van der Waals surface area contributed by atoms with Crippen molar-refractivity contribution in [1.82, 2.24) is 0 Å². The van der Waals surface area contributed by atoms with Gasteiger partial charge in [-0.05, 0) is 0 Å². The van der Waals surface area contributed by atoms with Crippen LogP contribution in [0.25, 0.3) is 0 Å². The molecule has 9 heteroatoms. The van der Waals surface area contributed by atoms with E-state index < -0.39 is 16.3 Å². The minimum absolute atomic E-state index is 0.118. The first-order valence-electron chi connectivity index (χ1n) is 9.82. The van der Waals surface area contributed by atoms with Gasteiger partial charge in [0.25, 0.3) is 0 Å². The van der Waals surface area contributed by atoms with E-state index in [2.05, 4.69) is 24.2 Å². The van der Waals surface area contributed by atoms with E-state index in [0.29, 0.717) is 11.3 Å². The summed E-state index contributed by atoms with van der Waals surface area (Å²) in [6.45, 7) is 4.73. The molecular formula is C18H34O7P2. The number of allylic oxidation sites excluding steroid dienone is 3. The Morgan fingerprint density at radius 3 is 2.56 bits per heavy atom. The molecule has 0 bridgehead atoms. The van der Waals surface area contributed by atoms with E-state index in [-0.39, 0.29) is 6.61 Å². The second kappa shape index (κ2) is 8.06. The number of hydrogen-bond donors (Lipinski definition) is 5. The number of rotatable bonds is 5. The van der Waals surface area contributed by atoms with E-state index >= 15 is 0 Å². The Balaban J connectivity index is 1.61. The standard InChI is InChI=1S/C18H34O7P2/c1-18(2)10-3-4-16-15-7-5-13(12-14(15)6-8-17(16)18)9-11-24-27(22,23)25-26(19,20)21/h9,12,15-17,19-23,26-27H,3-8,10-11H2,1-2H3/b13-9-/t15-,16?,17+/m1/s1.